The van der Waals surface area contributed by atoms with Gasteiger partial charge in [-0.1, -0.05) is 30.3 Å². The van der Waals surface area contributed by atoms with Crippen molar-refractivity contribution in [3.05, 3.63) is 55.1 Å². The van der Waals surface area contributed by atoms with Gasteiger partial charge in [0.1, 0.15) is 0 Å². The predicted molar refractivity (Wildman–Crippen MR) is 95.9 cm³/mol. The molecule has 0 unspecified atom stereocenters. The zero-order valence-electron chi connectivity index (χ0n) is 14.0. The lowest BCUT2D eigenvalue weighted by Crippen LogP contribution is -2.16. The van der Waals surface area contributed by atoms with Crippen LogP contribution in [0.4, 0.5) is 0 Å². The van der Waals surface area contributed by atoms with E-state index >= 15 is 0 Å². The van der Waals surface area contributed by atoms with E-state index in [1.54, 1.807) is 18.6 Å². The topological polar surface area (TPSA) is 65.2 Å². The molecule has 0 fully saturated rings. The first-order valence-corrected chi connectivity index (χ1v) is 8.43. The average Bonchev–Trinajstić information content (AvgIpc) is 3.32. The Morgan fingerprint density at radius 2 is 2.04 bits per heavy atom. The minimum atomic E-state index is 0.0774. The summed E-state index contributed by atoms with van der Waals surface area (Å²) in [5, 5.41) is 8.78. The fourth-order valence-corrected chi connectivity index (χ4v) is 2.91. The van der Waals surface area contributed by atoms with Gasteiger partial charge in [0.2, 0.25) is 0 Å². The van der Waals surface area contributed by atoms with E-state index in [1.807, 2.05) is 29.1 Å². The maximum Gasteiger partial charge on any atom is 0.152 e. The van der Waals surface area contributed by atoms with Crippen LogP contribution < -0.4 is 0 Å². The molecule has 1 atom stereocenters. The highest BCUT2D eigenvalue weighted by Gasteiger charge is 2.20. The minimum absolute atomic E-state index is 0.0774. The molecule has 0 bridgehead atoms. The predicted octanol–water partition coefficient (Wildman–Crippen LogP) is 3.56. The van der Waals surface area contributed by atoms with Crippen LogP contribution in [0.2, 0.25) is 0 Å². The number of nitrogens with zero attached hydrogens (tertiary/aromatic N) is 5. The van der Waals surface area contributed by atoms with Gasteiger partial charge in [0.05, 0.1) is 29.8 Å². The number of aromatic nitrogens is 4. The van der Waals surface area contributed by atoms with Gasteiger partial charge in [0.15, 0.2) is 6.10 Å². The van der Waals surface area contributed by atoms with Crippen LogP contribution in [0.1, 0.15) is 19.8 Å². The Morgan fingerprint density at radius 1 is 1.16 bits per heavy atom. The molecule has 0 amide bonds. The summed E-state index contributed by atoms with van der Waals surface area (Å²) in [6.45, 7) is 2.80. The Morgan fingerprint density at radius 3 is 2.80 bits per heavy atom. The van der Waals surface area contributed by atoms with Crippen molar-refractivity contribution in [3.8, 4) is 22.5 Å². The Bertz CT molecular complexity index is 888. The normalized spacial score (nSPS) is 16.5. The van der Waals surface area contributed by atoms with Gasteiger partial charge >= 0.3 is 0 Å². The van der Waals surface area contributed by atoms with Crippen molar-refractivity contribution < 1.29 is 4.84 Å². The van der Waals surface area contributed by atoms with E-state index in [0.29, 0.717) is 6.54 Å². The smallest absolute Gasteiger partial charge is 0.152 e. The van der Waals surface area contributed by atoms with Gasteiger partial charge in [-0.15, -0.1) is 0 Å². The van der Waals surface area contributed by atoms with Crippen LogP contribution in [0.15, 0.2) is 60.3 Å². The third kappa shape index (κ3) is 3.42. The first-order chi connectivity index (χ1) is 12.3. The first kappa shape index (κ1) is 15.5. The minimum Gasteiger partial charge on any atom is -0.390 e. The molecular weight excluding hydrogens is 314 g/mol. The summed E-state index contributed by atoms with van der Waals surface area (Å²) in [6, 6.07) is 10.2. The monoisotopic (exact) mass is 333 g/mol. The first-order valence-electron chi connectivity index (χ1n) is 8.43. The van der Waals surface area contributed by atoms with E-state index in [9.17, 15) is 0 Å². The Labute approximate surface area is 146 Å². The largest absolute Gasteiger partial charge is 0.390 e. The fourth-order valence-electron chi connectivity index (χ4n) is 2.91. The average molecular weight is 333 g/mol. The number of benzene rings is 1. The number of hydrogen-bond donors (Lipinski definition) is 0. The summed E-state index contributed by atoms with van der Waals surface area (Å²) in [6.07, 6.45) is 9.02. The molecule has 1 aliphatic heterocycles. The summed E-state index contributed by atoms with van der Waals surface area (Å²) in [5.41, 5.74) is 4.99. The van der Waals surface area contributed by atoms with Crippen LogP contribution in [0, 0.1) is 0 Å². The summed E-state index contributed by atoms with van der Waals surface area (Å²) in [4.78, 5) is 14.0. The lowest BCUT2D eigenvalue weighted by molar-refractivity contribution is 0.0698. The van der Waals surface area contributed by atoms with Gasteiger partial charge in [-0.25, -0.2) is 0 Å². The second kappa shape index (κ2) is 6.84. The van der Waals surface area contributed by atoms with Gasteiger partial charge < -0.3 is 4.84 Å². The Balaban J connectivity index is 1.51. The number of oxime groups is 1. The van der Waals surface area contributed by atoms with E-state index in [0.717, 1.165) is 41.1 Å². The zero-order chi connectivity index (χ0) is 17.1. The third-order valence-corrected chi connectivity index (χ3v) is 4.25. The van der Waals surface area contributed by atoms with Crippen molar-refractivity contribution in [2.24, 2.45) is 5.16 Å². The molecule has 0 aliphatic carbocycles. The molecule has 25 heavy (non-hydrogen) atoms. The second-order valence-electron chi connectivity index (χ2n) is 6.04. The van der Waals surface area contributed by atoms with Crippen molar-refractivity contribution in [1.29, 1.82) is 0 Å². The van der Waals surface area contributed by atoms with E-state index in [-0.39, 0.29) is 6.10 Å². The number of rotatable bonds is 5. The quantitative estimate of drug-likeness (QED) is 0.716. The van der Waals surface area contributed by atoms with Crippen molar-refractivity contribution in [3.63, 3.8) is 0 Å². The molecule has 0 radical (unpaired) electrons. The van der Waals surface area contributed by atoms with Crippen LogP contribution >= 0.6 is 0 Å². The maximum absolute atomic E-state index is 5.46. The molecule has 2 aromatic heterocycles. The van der Waals surface area contributed by atoms with Gasteiger partial charge in [0.25, 0.3) is 0 Å². The maximum atomic E-state index is 5.46. The molecule has 0 saturated heterocycles. The van der Waals surface area contributed by atoms with E-state index < -0.39 is 0 Å². The van der Waals surface area contributed by atoms with Gasteiger partial charge in [-0.2, -0.15) is 5.10 Å². The van der Waals surface area contributed by atoms with Crippen molar-refractivity contribution in [2.45, 2.75) is 32.4 Å². The SMILES string of the molecule is CCC1=NO[C@H](Cn2ccc(-c3cccc(-c4cnccn4)c3)n2)C1. The van der Waals surface area contributed by atoms with Gasteiger partial charge in [-0.3, -0.25) is 14.6 Å². The van der Waals surface area contributed by atoms with E-state index in [1.165, 1.54) is 0 Å². The van der Waals surface area contributed by atoms with Crippen LogP contribution in [0.5, 0.6) is 0 Å². The van der Waals surface area contributed by atoms with Gasteiger partial charge in [0, 0.05) is 36.1 Å². The lowest BCUT2D eigenvalue weighted by atomic mass is 10.1. The molecular formula is C19H19N5O. The molecule has 1 aromatic carbocycles. The molecule has 126 valence electrons. The highest BCUT2D eigenvalue weighted by atomic mass is 16.6. The van der Waals surface area contributed by atoms with Crippen molar-refractivity contribution >= 4 is 5.71 Å². The van der Waals surface area contributed by atoms with Crippen molar-refractivity contribution in [1.82, 2.24) is 19.7 Å². The Hall–Kier alpha value is -3.02. The number of hydrogen-bond acceptors (Lipinski definition) is 5. The second-order valence-corrected chi connectivity index (χ2v) is 6.04. The summed E-state index contributed by atoms with van der Waals surface area (Å²) in [5.74, 6) is 0. The molecule has 3 aromatic rings. The molecule has 4 rings (SSSR count). The van der Waals surface area contributed by atoms with Crippen LogP contribution in [-0.4, -0.2) is 31.6 Å². The molecule has 6 heteroatoms. The molecule has 3 heterocycles. The van der Waals surface area contributed by atoms with E-state index in [2.05, 4.69) is 39.3 Å². The third-order valence-electron chi connectivity index (χ3n) is 4.25. The fraction of sp³-hybridized carbons (Fsp3) is 0.263. The Kier molecular flexibility index (Phi) is 4.24. The van der Waals surface area contributed by atoms with E-state index in [4.69, 9.17) is 4.84 Å². The van der Waals surface area contributed by atoms with Crippen molar-refractivity contribution in [2.75, 3.05) is 0 Å². The summed E-state index contributed by atoms with van der Waals surface area (Å²) >= 11 is 0. The molecule has 0 N–H and O–H groups in total. The standard InChI is InChI=1S/C19H19N5O/c1-2-16-11-17(25-23-16)13-24-9-6-18(22-24)14-4-3-5-15(10-14)19-12-20-7-8-21-19/h3-10,12,17H,2,11,13H2,1H3/t17-/m0/s1. The lowest BCUT2D eigenvalue weighted by Gasteiger charge is -2.08. The molecule has 0 spiro atoms. The highest BCUT2D eigenvalue weighted by molar-refractivity contribution is 5.85. The zero-order valence-corrected chi connectivity index (χ0v) is 14.0. The molecule has 0 saturated carbocycles. The van der Waals surface area contributed by atoms with Crippen LogP contribution in [-0.2, 0) is 11.4 Å². The van der Waals surface area contributed by atoms with Crippen LogP contribution in [0.25, 0.3) is 22.5 Å². The molecule has 1 aliphatic rings. The summed E-state index contributed by atoms with van der Waals surface area (Å²) in [7, 11) is 0. The van der Waals surface area contributed by atoms with Gasteiger partial charge in [-0.05, 0) is 18.6 Å². The van der Waals surface area contributed by atoms with Crippen LogP contribution in [0.3, 0.4) is 0 Å². The highest BCUT2D eigenvalue weighted by Crippen LogP contribution is 2.24. The molecule has 6 nitrogen and oxygen atoms in total. The summed E-state index contributed by atoms with van der Waals surface area (Å²) < 4.78 is 1.92.